The average molecular weight is 257 g/mol. The number of aromatic nitrogens is 2. The highest BCUT2D eigenvalue weighted by atomic mass is 15.1. The number of nitrogen functional groups attached to an aromatic ring is 1. The normalized spacial score (nSPS) is 18.8. The minimum absolute atomic E-state index is 0.592. The Balaban J connectivity index is 1.96. The van der Waals surface area contributed by atoms with Crippen molar-refractivity contribution < 1.29 is 0 Å². The summed E-state index contributed by atoms with van der Waals surface area (Å²) >= 11 is 0. The predicted octanol–water partition coefficient (Wildman–Crippen LogP) is 4.15. The molecule has 1 aromatic heterocycles. The van der Waals surface area contributed by atoms with Gasteiger partial charge in [0.2, 0.25) is 0 Å². The van der Waals surface area contributed by atoms with Crippen LogP contribution in [0.5, 0.6) is 0 Å². The van der Waals surface area contributed by atoms with Crippen molar-refractivity contribution in [3.63, 3.8) is 0 Å². The summed E-state index contributed by atoms with van der Waals surface area (Å²) in [4.78, 5) is 4.53. The Morgan fingerprint density at radius 3 is 2.84 bits per heavy atom. The molecule has 2 aromatic rings. The van der Waals surface area contributed by atoms with Crippen LogP contribution in [0.3, 0.4) is 0 Å². The Morgan fingerprint density at radius 1 is 1.32 bits per heavy atom. The van der Waals surface area contributed by atoms with Gasteiger partial charge < -0.3 is 10.3 Å². The van der Waals surface area contributed by atoms with E-state index in [0.29, 0.717) is 6.04 Å². The summed E-state index contributed by atoms with van der Waals surface area (Å²) in [5.41, 5.74) is 8.88. The molecule has 1 fully saturated rings. The van der Waals surface area contributed by atoms with Crippen LogP contribution >= 0.6 is 0 Å². The molecule has 1 aliphatic carbocycles. The largest absolute Gasteiger partial charge is 0.399 e. The van der Waals surface area contributed by atoms with Gasteiger partial charge in [0.05, 0.1) is 17.4 Å². The highest BCUT2D eigenvalue weighted by Gasteiger charge is 2.24. The fraction of sp³-hybridized carbons (Fsp3) is 0.562. The van der Waals surface area contributed by atoms with E-state index in [0.717, 1.165) is 17.1 Å². The zero-order valence-corrected chi connectivity index (χ0v) is 11.7. The van der Waals surface area contributed by atoms with E-state index in [1.165, 1.54) is 44.0 Å². The number of rotatable bonds is 3. The van der Waals surface area contributed by atoms with E-state index in [-0.39, 0.29) is 0 Å². The van der Waals surface area contributed by atoms with Crippen LogP contribution < -0.4 is 5.73 Å². The van der Waals surface area contributed by atoms with Gasteiger partial charge in [-0.1, -0.05) is 26.2 Å². The van der Waals surface area contributed by atoms with Gasteiger partial charge in [0.15, 0.2) is 0 Å². The van der Waals surface area contributed by atoms with Gasteiger partial charge in [-0.05, 0) is 43.4 Å². The van der Waals surface area contributed by atoms with E-state index in [9.17, 15) is 0 Å². The first-order valence-corrected chi connectivity index (χ1v) is 7.51. The van der Waals surface area contributed by atoms with Crippen LogP contribution in [0.4, 0.5) is 5.69 Å². The van der Waals surface area contributed by atoms with Crippen molar-refractivity contribution in [1.82, 2.24) is 9.55 Å². The molecular weight excluding hydrogens is 234 g/mol. The second-order valence-corrected chi connectivity index (χ2v) is 5.77. The van der Waals surface area contributed by atoms with Crippen LogP contribution in [-0.2, 0) is 0 Å². The van der Waals surface area contributed by atoms with Gasteiger partial charge in [-0.3, -0.25) is 0 Å². The van der Waals surface area contributed by atoms with E-state index in [1.54, 1.807) is 0 Å². The minimum Gasteiger partial charge on any atom is -0.399 e. The summed E-state index contributed by atoms with van der Waals surface area (Å²) in [5.74, 6) is 0.814. The molecule has 0 spiro atoms. The maximum atomic E-state index is 5.84. The lowest BCUT2D eigenvalue weighted by molar-refractivity contribution is 0.247. The second kappa shape index (κ2) is 5.24. The molecule has 102 valence electrons. The first-order chi connectivity index (χ1) is 9.29. The highest BCUT2D eigenvalue weighted by molar-refractivity contribution is 5.79. The summed E-state index contributed by atoms with van der Waals surface area (Å²) in [6, 6.07) is 6.66. The van der Waals surface area contributed by atoms with Crippen LogP contribution in [0.1, 0.15) is 51.5 Å². The molecule has 0 radical (unpaired) electrons. The zero-order chi connectivity index (χ0) is 13.2. The van der Waals surface area contributed by atoms with Gasteiger partial charge in [-0.25, -0.2) is 4.98 Å². The van der Waals surface area contributed by atoms with Gasteiger partial charge >= 0.3 is 0 Å². The fourth-order valence-corrected chi connectivity index (χ4v) is 3.59. The molecule has 1 aromatic carbocycles. The number of hydrogen-bond donors (Lipinski definition) is 1. The molecule has 0 amide bonds. The van der Waals surface area contributed by atoms with Crippen molar-refractivity contribution in [2.24, 2.45) is 5.92 Å². The van der Waals surface area contributed by atoms with Crippen molar-refractivity contribution >= 4 is 16.7 Å². The van der Waals surface area contributed by atoms with Crippen LogP contribution in [-0.4, -0.2) is 9.55 Å². The molecule has 1 aliphatic rings. The average Bonchev–Trinajstić information content (AvgIpc) is 2.84. The molecule has 0 bridgehead atoms. The quantitative estimate of drug-likeness (QED) is 0.839. The Labute approximate surface area is 114 Å². The Morgan fingerprint density at radius 2 is 2.11 bits per heavy atom. The van der Waals surface area contributed by atoms with E-state index in [2.05, 4.69) is 22.5 Å². The van der Waals surface area contributed by atoms with E-state index >= 15 is 0 Å². The summed E-state index contributed by atoms with van der Waals surface area (Å²) < 4.78 is 2.38. The summed E-state index contributed by atoms with van der Waals surface area (Å²) in [5, 5.41) is 0. The van der Waals surface area contributed by atoms with Gasteiger partial charge in [0.25, 0.3) is 0 Å². The summed E-state index contributed by atoms with van der Waals surface area (Å²) in [6.45, 7) is 2.29. The van der Waals surface area contributed by atoms with Crippen molar-refractivity contribution in [1.29, 1.82) is 0 Å². The number of hydrogen-bond acceptors (Lipinski definition) is 2. The van der Waals surface area contributed by atoms with E-state index < -0.39 is 0 Å². The predicted molar refractivity (Wildman–Crippen MR) is 80.0 cm³/mol. The van der Waals surface area contributed by atoms with Crippen LogP contribution in [0, 0.1) is 5.92 Å². The smallest absolute Gasteiger partial charge is 0.0961 e. The summed E-state index contributed by atoms with van der Waals surface area (Å²) in [7, 11) is 0. The van der Waals surface area contributed by atoms with Crippen molar-refractivity contribution in [3.05, 3.63) is 24.5 Å². The van der Waals surface area contributed by atoms with Crippen molar-refractivity contribution in [2.75, 3.05) is 5.73 Å². The Bertz CT molecular complexity index is 552. The second-order valence-electron chi connectivity index (χ2n) is 5.77. The third kappa shape index (κ3) is 2.34. The maximum Gasteiger partial charge on any atom is 0.0961 e. The molecule has 3 heteroatoms. The lowest BCUT2D eigenvalue weighted by Crippen LogP contribution is -2.20. The third-order valence-electron chi connectivity index (χ3n) is 4.57. The van der Waals surface area contributed by atoms with Crippen LogP contribution in [0.2, 0.25) is 0 Å². The van der Waals surface area contributed by atoms with Gasteiger partial charge in [-0.15, -0.1) is 0 Å². The van der Waals surface area contributed by atoms with Crippen LogP contribution in [0.15, 0.2) is 24.5 Å². The zero-order valence-electron chi connectivity index (χ0n) is 11.7. The molecule has 1 atom stereocenters. The van der Waals surface area contributed by atoms with Gasteiger partial charge in [0.1, 0.15) is 0 Å². The molecule has 0 saturated heterocycles. The molecule has 0 aliphatic heterocycles. The first-order valence-electron chi connectivity index (χ1n) is 7.51. The molecule has 1 unspecified atom stereocenters. The molecular formula is C16H23N3. The van der Waals surface area contributed by atoms with Gasteiger partial charge in [-0.2, -0.15) is 0 Å². The van der Waals surface area contributed by atoms with Crippen molar-refractivity contribution in [2.45, 2.75) is 51.5 Å². The number of imidazole rings is 1. The maximum absolute atomic E-state index is 5.84. The van der Waals surface area contributed by atoms with Gasteiger partial charge in [0, 0.05) is 11.7 Å². The number of anilines is 1. The number of nitrogens with two attached hydrogens (primary N) is 1. The minimum atomic E-state index is 0.592. The molecule has 1 heterocycles. The molecule has 3 nitrogen and oxygen atoms in total. The lowest BCUT2D eigenvalue weighted by Gasteiger charge is -2.31. The third-order valence-corrected chi connectivity index (χ3v) is 4.57. The topological polar surface area (TPSA) is 43.8 Å². The SMILES string of the molecule is CCC(C1CCCCC1)n1cnc2cc(N)ccc21. The number of benzene rings is 1. The standard InChI is InChI=1S/C16H23N3/c1-2-15(12-6-4-3-5-7-12)19-11-18-14-10-13(17)8-9-16(14)19/h8-12,15H,2-7,17H2,1H3. The number of fused-ring (bicyclic) bond motifs is 1. The molecule has 19 heavy (non-hydrogen) atoms. The van der Waals surface area contributed by atoms with Crippen LogP contribution in [0.25, 0.3) is 11.0 Å². The molecule has 1 saturated carbocycles. The summed E-state index contributed by atoms with van der Waals surface area (Å²) in [6.07, 6.45) is 10.1. The monoisotopic (exact) mass is 257 g/mol. The molecule has 2 N–H and O–H groups in total. The van der Waals surface area contributed by atoms with E-state index in [1.807, 2.05) is 18.5 Å². The lowest BCUT2D eigenvalue weighted by atomic mass is 9.83. The Kier molecular flexibility index (Phi) is 3.45. The highest BCUT2D eigenvalue weighted by Crippen LogP contribution is 2.36. The van der Waals surface area contributed by atoms with Crippen molar-refractivity contribution in [3.8, 4) is 0 Å². The van der Waals surface area contributed by atoms with E-state index in [4.69, 9.17) is 5.73 Å². The Hall–Kier alpha value is -1.51. The number of nitrogens with zero attached hydrogens (tertiary/aromatic N) is 2. The fourth-order valence-electron chi connectivity index (χ4n) is 3.59. The first kappa shape index (κ1) is 12.5. The molecule has 3 rings (SSSR count).